The Labute approximate surface area is 76.7 Å². The molecule has 0 aromatic rings. The number of allylic oxidation sites excluding steroid dienone is 1. The van der Waals surface area contributed by atoms with Crippen molar-refractivity contribution in [2.24, 2.45) is 0 Å². The lowest BCUT2D eigenvalue weighted by atomic mass is 9.82. The van der Waals surface area contributed by atoms with E-state index < -0.39 is 0 Å². The monoisotopic (exact) mass is 180 g/mol. The summed E-state index contributed by atoms with van der Waals surface area (Å²) in [6.45, 7) is 0.665. The zero-order valence-electron chi connectivity index (χ0n) is 7.41. The highest BCUT2D eigenvalue weighted by Crippen LogP contribution is 2.47. The van der Waals surface area contributed by atoms with Gasteiger partial charge in [-0.25, -0.2) is 0 Å². The van der Waals surface area contributed by atoms with E-state index >= 15 is 0 Å². The highest BCUT2D eigenvalue weighted by Gasteiger charge is 2.56. The Hall–Kier alpha value is -0.830. The summed E-state index contributed by atoms with van der Waals surface area (Å²) < 4.78 is 11.0. The molecule has 3 aliphatic rings. The first kappa shape index (κ1) is 7.56. The van der Waals surface area contributed by atoms with E-state index in [1.165, 1.54) is 5.57 Å². The maximum Gasteiger partial charge on any atom is 0.309 e. The van der Waals surface area contributed by atoms with E-state index in [0.29, 0.717) is 13.0 Å². The summed E-state index contributed by atoms with van der Waals surface area (Å²) in [5, 5.41) is 0. The predicted octanol–water partition coefficient (Wildman–Crippen LogP) is 1.18. The molecule has 1 aliphatic carbocycles. The summed E-state index contributed by atoms with van der Waals surface area (Å²) in [6, 6.07) is 0. The highest BCUT2D eigenvalue weighted by atomic mass is 16.6. The molecule has 13 heavy (non-hydrogen) atoms. The summed E-state index contributed by atoms with van der Waals surface area (Å²) in [5.74, 6) is -0.0995. The first-order chi connectivity index (χ1) is 6.31. The standard InChI is InChI=1S/C10H12O3/c11-9-5-8-10(13-9)4-2-1-3-7(10)6-12-8/h3,8H,1-2,4-6H2/t8-,10-/m0/s1. The number of hydrogen-bond acceptors (Lipinski definition) is 3. The third kappa shape index (κ3) is 0.854. The van der Waals surface area contributed by atoms with Gasteiger partial charge in [-0.1, -0.05) is 6.08 Å². The molecule has 2 heterocycles. The van der Waals surface area contributed by atoms with Crippen LogP contribution in [0, 0.1) is 0 Å². The van der Waals surface area contributed by atoms with Crippen LogP contribution >= 0.6 is 0 Å². The number of carbonyl (C=O) groups excluding carboxylic acids is 1. The first-order valence-electron chi connectivity index (χ1n) is 4.84. The van der Waals surface area contributed by atoms with Gasteiger partial charge < -0.3 is 9.47 Å². The topological polar surface area (TPSA) is 35.5 Å². The summed E-state index contributed by atoms with van der Waals surface area (Å²) in [6.07, 6.45) is 5.79. The lowest BCUT2D eigenvalue weighted by molar-refractivity contribution is -0.146. The average molecular weight is 180 g/mol. The molecule has 3 heteroatoms. The molecule has 0 radical (unpaired) electrons. The van der Waals surface area contributed by atoms with E-state index in [0.717, 1.165) is 19.3 Å². The molecule has 2 saturated heterocycles. The van der Waals surface area contributed by atoms with E-state index in [-0.39, 0.29) is 17.7 Å². The summed E-state index contributed by atoms with van der Waals surface area (Å²) >= 11 is 0. The van der Waals surface area contributed by atoms with Gasteiger partial charge in [0, 0.05) is 0 Å². The van der Waals surface area contributed by atoms with E-state index in [9.17, 15) is 4.79 Å². The lowest BCUT2D eigenvalue weighted by Gasteiger charge is -2.30. The summed E-state index contributed by atoms with van der Waals surface area (Å²) in [4.78, 5) is 11.2. The van der Waals surface area contributed by atoms with Crippen molar-refractivity contribution in [1.29, 1.82) is 0 Å². The molecule has 2 atom stereocenters. The van der Waals surface area contributed by atoms with Crippen molar-refractivity contribution in [2.75, 3.05) is 6.61 Å². The molecule has 0 aromatic carbocycles. The molecule has 1 spiro atoms. The fourth-order valence-corrected chi connectivity index (χ4v) is 2.65. The van der Waals surface area contributed by atoms with Crippen LogP contribution in [0.3, 0.4) is 0 Å². The second kappa shape index (κ2) is 2.35. The second-order valence-corrected chi connectivity index (χ2v) is 3.99. The van der Waals surface area contributed by atoms with Crippen LogP contribution in [0.5, 0.6) is 0 Å². The minimum absolute atomic E-state index is 0.00606. The molecular formula is C10H12O3. The van der Waals surface area contributed by atoms with Crippen LogP contribution in [0.4, 0.5) is 0 Å². The van der Waals surface area contributed by atoms with E-state index in [1.54, 1.807) is 0 Å². The molecule has 70 valence electrons. The molecule has 0 bridgehead atoms. The zero-order valence-corrected chi connectivity index (χ0v) is 7.41. The number of ether oxygens (including phenoxy) is 2. The summed E-state index contributed by atoms with van der Waals surface area (Å²) in [5.41, 5.74) is 0.865. The molecule has 0 amide bonds. The Kier molecular flexibility index (Phi) is 1.37. The van der Waals surface area contributed by atoms with Crippen molar-refractivity contribution >= 4 is 5.97 Å². The molecule has 0 unspecified atom stereocenters. The lowest BCUT2D eigenvalue weighted by Crippen LogP contribution is -2.38. The second-order valence-electron chi connectivity index (χ2n) is 3.99. The van der Waals surface area contributed by atoms with Gasteiger partial charge in [-0.2, -0.15) is 0 Å². The van der Waals surface area contributed by atoms with Crippen LogP contribution in [-0.4, -0.2) is 24.3 Å². The molecule has 2 fully saturated rings. The minimum atomic E-state index is -0.338. The van der Waals surface area contributed by atoms with Gasteiger partial charge in [0.25, 0.3) is 0 Å². The van der Waals surface area contributed by atoms with Crippen LogP contribution in [0.15, 0.2) is 11.6 Å². The van der Waals surface area contributed by atoms with E-state index in [1.807, 2.05) is 0 Å². The normalized spacial score (nSPS) is 42.3. The van der Waals surface area contributed by atoms with Crippen molar-refractivity contribution in [3.05, 3.63) is 11.6 Å². The predicted molar refractivity (Wildman–Crippen MR) is 45.1 cm³/mol. The zero-order chi connectivity index (χ0) is 8.89. The van der Waals surface area contributed by atoms with Gasteiger partial charge in [-0.3, -0.25) is 4.79 Å². The number of esters is 1. The summed E-state index contributed by atoms with van der Waals surface area (Å²) in [7, 11) is 0. The Bertz CT molecular complexity index is 295. The van der Waals surface area contributed by atoms with Crippen molar-refractivity contribution in [3.8, 4) is 0 Å². The third-order valence-corrected chi connectivity index (χ3v) is 3.29. The molecule has 3 nitrogen and oxygen atoms in total. The Morgan fingerprint density at radius 1 is 1.54 bits per heavy atom. The largest absolute Gasteiger partial charge is 0.452 e. The molecule has 2 aliphatic heterocycles. The Morgan fingerprint density at radius 2 is 2.46 bits per heavy atom. The molecule has 0 aromatic heterocycles. The Morgan fingerprint density at radius 3 is 3.38 bits per heavy atom. The molecule has 0 N–H and O–H groups in total. The van der Waals surface area contributed by atoms with Crippen molar-refractivity contribution in [3.63, 3.8) is 0 Å². The Balaban J connectivity index is 2.04. The highest BCUT2D eigenvalue weighted by molar-refractivity contribution is 5.75. The van der Waals surface area contributed by atoms with E-state index in [4.69, 9.17) is 9.47 Å². The van der Waals surface area contributed by atoms with Crippen molar-refractivity contribution in [2.45, 2.75) is 37.4 Å². The van der Waals surface area contributed by atoms with Gasteiger partial charge in [-0.05, 0) is 24.8 Å². The smallest absolute Gasteiger partial charge is 0.309 e. The van der Waals surface area contributed by atoms with Crippen molar-refractivity contribution in [1.82, 2.24) is 0 Å². The van der Waals surface area contributed by atoms with Gasteiger partial charge in [0.1, 0.15) is 6.10 Å². The quantitative estimate of drug-likeness (QED) is 0.415. The van der Waals surface area contributed by atoms with Crippen LogP contribution in [0.1, 0.15) is 25.7 Å². The van der Waals surface area contributed by atoms with Crippen LogP contribution in [-0.2, 0) is 14.3 Å². The van der Waals surface area contributed by atoms with Crippen molar-refractivity contribution < 1.29 is 14.3 Å². The molecule has 0 saturated carbocycles. The number of rotatable bonds is 0. The van der Waals surface area contributed by atoms with Gasteiger partial charge >= 0.3 is 5.97 Å². The average Bonchev–Trinajstić information content (AvgIpc) is 2.57. The van der Waals surface area contributed by atoms with Crippen LogP contribution in [0.2, 0.25) is 0 Å². The molecular weight excluding hydrogens is 168 g/mol. The third-order valence-electron chi connectivity index (χ3n) is 3.29. The fraction of sp³-hybridized carbons (Fsp3) is 0.700. The van der Waals surface area contributed by atoms with Crippen LogP contribution in [0.25, 0.3) is 0 Å². The van der Waals surface area contributed by atoms with Gasteiger partial charge in [0.2, 0.25) is 0 Å². The van der Waals surface area contributed by atoms with Crippen LogP contribution < -0.4 is 0 Å². The SMILES string of the molecule is O=C1C[C@@H]2OCC3=CCCC[C@]32O1. The minimum Gasteiger partial charge on any atom is -0.452 e. The first-order valence-corrected chi connectivity index (χ1v) is 4.84. The number of hydrogen-bond donors (Lipinski definition) is 0. The number of carbonyl (C=O) groups is 1. The maximum absolute atomic E-state index is 11.2. The van der Waals surface area contributed by atoms with E-state index in [2.05, 4.69) is 6.08 Å². The maximum atomic E-state index is 11.2. The molecule has 3 rings (SSSR count). The van der Waals surface area contributed by atoms with Gasteiger partial charge in [-0.15, -0.1) is 0 Å². The fourth-order valence-electron chi connectivity index (χ4n) is 2.65. The van der Waals surface area contributed by atoms with Gasteiger partial charge in [0.15, 0.2) is 5.60 Å². The van der Waals surface area contributed by atoms with Gasteiger partial charge in [0.05, 0.1) is 13.0 Å².